The number of benzene rings is 1. The summed E-state index contributed by atoms with van der Waals surface area (Å²) in [6, 6.07) is 9.27. The van der Waals surface area contributed by atoms with Crippen LogP contribution in [-0.2, 0) is 19.1 Å². The summed E-state index contributed by atoms with van der Waals surface area (Å²) in [4.78, 5) is 24.5. The van der Waals surface area contributed by atoms with Crippen molar-refractivity contribution in [2.45, 2.75) is 31.3 Å². The van der Waals surface area contributed by atoms with Crippen molar-refractivity contribution in [2.24, 2.45) is 0 Å². The Balaban J connectivity index is 2.90. The van der Waals surface area contributed by atoms with Crippen molar-refractivity contribution < 1.29 is 19.1 Å². The van der Waals surface area contributed by atoms with Gasteiger partial charge in [0.25, 0.3) is 0 Å². The van der Waals surface area contributed by atoms with Crippen molar-refractivity contribution in [2.75, 3.05) is 7.11 Å². The highest BCUT2D eigenvalue weighted by molar-refractivity contribution is 8.04. The van der Waals surface area contributed by atoms with Gasteiger partial charge in [0, 0.05) is 11.0 Å². The van der Waals surface area contributed by atoms with Crippen LogP contribution in [-0.4, -0.2) is 24.6 Å². The van der Waals surface area contributed by atoms with Crippen LogP contribution in [0.1, 0.15) is 20.8 Å². The van der Waals surface area contributed by atoms with Gasteiger partial charge in [-0.15, -0.1) is 0 Å². The van der Waals surface area contributed by atoms with E-state index in [9.17, 15) is 9.59 Å². The standard InChI is InChI=1S/C15H18O4S/c1-15(2,3)19-13(16)10-12(14(17)18-4)20-11-8-6-5-7-9-11/h5-10H,1-4H3/b12-10+. The van der Waals surface area contributed by atoms with E-state index >= 15 is 0 Å². The van der Waals surface area contributed by atoms with E-state index in [1.54, 1.807) is 20.8 Å². The number of esters is 2. The molecule has 0 heterocycles. The number of hydrogen-bond acceptors (Lipinski definition) is 5. The van der Waals surface area contributed by atoms with E-state index < -0.39 is 17.5 Å². The molecule has 5 heteroatoms. The highest BCUT2D eigenvalue weighted by atomic mass is 32.2. The first-order valence-corrected chi connectivity index (χ1v) is 6.89. The number of rotatable bonds is 4. The normalized spacial score (nSPS) is 11.9. The molecule has 0 radical (unpaired) electrons. The maximum atomic E-state index is 11.8. The molecule has 0 atom stereocenters. The fraction of sp³-hybridized carbons (Fsp3) is 0.333. The molecule has 0 saturated carbocycles. The number of hydrogen-bond donors (Lipinski definition) is 0. The van der Waals surface area contributed by atoms with Crippen molar-refractivity contribution in [1.29, 1.82) is 0 Å². The van der Waals surface area contributed by atoms with Gasteiger partial charge in [-0.05, 0) is 32.9 Å². The highest BCUT2D eigenvalue weighted by Gasteiger charge is 2.18. The molecule has 0 spiro atoms. The molecule has 0 unspecified atom stereocenters. The van der Waals surface area contributed by atoms with Crippen LogP contribution in [0, 0.1) is 0 Å². The molecule has 0 aliphatic rings. The maximum absolute atomic E-state index is 11.8. The fourth-order valence-electron chi connectivity index (χ4n) is 1.28. The van der Waals surface area contributed by atoms with Gasteiger partial charge in [-0.1, -0.05) is 30.0 Å². The van der Waals surface area contributed by atoms with Crippen LogP contribution in [0.25, 0.3) is 0 Å². The van der Waals surface area contributed by atoms with Gasteiger partial charge in [-0.25, -0.2) is 9.59 Å². The molecule has 0 N–H and O–H groups in total. The molecule has 0 bridgehead atoms. The number of thioether (sulfide) groups is 1. The van der Waals surface area contributed by atoms with E-state index in [0.29, 0.717) is 0 Å². The van der Waals surface area contributed by atoms with Crippen LogP contribution >= 0.6 is 11.8 Å². The van der Waals surface area contributed by atoms with Crippen LogP contribution in [0.4, 0.5) is 0 Å². The van der Waals surface area contributed by atoms with Gasteiger partial charge in [0.15, 0.2) is 0 Å². The largest absolute Gasteiger partial charge is 0.465 e. The smallest absolute Gasteiger partial charge is 0.344 e. The molecule has 0 fully saturated rings. The molecular formula is C15H18O4S. The summed E-state index contributed by atoms with van der Waals surface area (Å²) >= 11 is 1.16. The Morgan fingerprint density at radius 3 is 2.25 bits per heavy atom. The minimum absolute atomic E-state index is 0.188. The predicted molar refractivity (Wildman–Crippen MR) is 78.2 cm³/mol. The lowest BCUT2D eigenvalue weighted by Gasteiger charge is -2.18. The Bertz CT molecular complexity index is 500. The number of methoxy groups -OCH3 is 1. The third kappa shape index (κ3) is 5.93. The zero-order valence-corrected chi connectivity index (χ0v) is 12.8. The quantitative estimate of drug-likeness (QED) is 0.485. The molecule has 1 rings (SSSR count). The van der Waals surface area contributed by atoms with Gasteiger partial charge in [0.05, 0.1) is 7.11 Å². The van der Waals surface area contributed by atoms with Gasteiger partial charge >= 0.3 is 11.9 Å². The van der Waals surface area contributed by atoms with E-state index in [4.69, 9.17) is 4.74 Å². The van der Waals surface area contributed by atoms with Crippen LogP contribution < -0.4 is 0 Å². The summed E-state index contributed by atoms with van der Waals surface area (Å²) in [5.74, 6) is -1.13. The molecule has 20 heavy (non-hydrogen) atoms. The van der Waals surface area contributed by atoms with Crippen molar-refractivity contribution in [3.63, 3.8) is 0 Å². The summed E-state index contributed by atoms with van der Waals surface area (Å²) in [6.07, 6.45) is 1.16. The molecule has 0 saturated heterocycles. The molecular weight excluding hydrogens is 276 g/mol. The average Bonchev–Trinajstić information content (AvgIpc) is 2.36. The highest BCUT2D eigenvalue weighted by Crippen LogP contribution is 2.27. The molecule has 1 aromatic carbocycles. The molecule has 0 amide bonds. The third-order valence-electron chi connectivity index (χ3n) is 2.01. The van der Waals surface area contributed by atoms with E-state index in [-0.39, 0.29) is 4.91 Å². The van der Waals surface area contributed by atoms with Gasteiger partial charge in [0.2, 0.25) is 0 Å². The van der Waals surface area contributed by atoms with E-state index in [1.165, 1.54) is 7.11 Å². The summed E-state index contributed by atoms with van der Waals surface area (Å²) in [5.41, 5.74) is -0.605. The SMILES string of the molecule is COC(=O)/C(=C\C(=O)OC(C)(C)C)Sc1ccccc1. The second-order valence-electron chi connectivity index (χ2n) is 4.95. The van der Waals surface area contributed by atoms with Crippen molar-refractivity contribution in [1.82, 2.24) is 0 Å². The lowest BCUT2D eigenvalue weighted by molar-refractivity contribution is -0.149. The van der Waals surface area contributed by atoms with Crippen molar-refractivity contribution >= 4 is 23.7 Å². The van der Waals surface area contributed by atoms with E-state index in [0.717, 1.165) is 22.7 Å². The number of carbonyl (C=O) groups is 2. The minimum atomic E-state index is -0.605. The summed E-state index contributed by atoms with van der Waals surface area (Å²) in [5, 5.41) is 0. The predicted octanol–water partition coefficient (Wildman–Crippen LogP) is 3.18. The molecule has 0 aliphatic heterocycles. The second-order valence-corrected chi connectivity index (χ2v) is 6.06. The van der Waals surface area contributed by atoms with Crippen LogP contribution in [0.2, 0.25) is 0 Å². The zero-order valence-electron chi connectivity index (χ0n) is 12.0. The Hall–Kier alpha value is -1.75. The molecule has 0 aromatic heterocycles. The van der Waals surface area contributed by atoms with E-state index in [1.807, 2.05) is 30.3 Å². The summed E-state index contributed by atoms with van der Waals surface area (Å²) in [7, 11) is 1.27. The monoisotopic (exact) mass is 294 g/mol. The van der Waals surface area contributed by atoms with E-state index in [2.05, 4.69) is 4.74 Å². The second kappa shape index (κ2) is 7.14. The maximum Gasteiger partial charge on any atom is 0.344 e. The van der Waals surface area contributed by atoms with Crippen molar-refractivity contribution in [3.8, 4) is 0 Å². The third-order valence-corrected chi connectivity index (χ3v) is 3.03. The molecule has 108 valence electrons. The Labute approximate surface area is 123 Å². The summed E-state index contributed by atoms with van der Waals surface area (Å²) in [6.45, 7) is 5.29. The van der Waals surface area contributed by atoms with Crippen LogP contribution in [0.15, 0.2) is 46.2 Å². The van der Waals surface area contributed by atoms with Crippen LogP contribution in [0.3, 0.4) is 0 Å². The molecule has 0 aliphatic carbocycles. The topological polar surface area (TPSA) is 52.6 Å². The Morgan fingerprint density at radius 1 is 1.15 bits per heavy atom. The average molecular weight is 294 g/mol. The number of carbonyl (C=O) groups excluding carboxylic acids is 2. The lowest BCUT2D eigenvalue weighted by Crippen LogP contribution is -2.23. The van der Waals surface area contributed by atoms with Gasteiger partial charge < -0.3 is 9.47 Å². The Morgan fingerprint density at radius 2 is 1.75 bits per heavy atom. The van der Waals surface area contributed by atoms with Crippen LogP contribution in [0.5, 0.6) is 0 Å². The number of ether oxygens (including phenoxy) is 2. The minimum Gasteiger partial charge on any atom is -0.465 e. The molecule has 4 nitrogen and oxygen atoms in total. The summed E-state index contributed by atoms with van der Waals surface area (Å²) < 4.78 is 9.84. The first kappa shape index (κ1) is 16.3. The zero-order chi connectivity index (χ0) is 15.2. The molecule has 1 aromatic rings. The van der Waals surface area contributed by atoms with Gasteiger partial charge in [-0.2, -0.15) is 0 Å². The van der Waals surface area contributed by atoms with Gasteiger partial charge in [-0.3, -0.25) is 0 Å². The van der Waals surface area contributed by atoms with Crippen molar-refractivity contribution in [3.05, 3.63) is 41.3 Å². The lowest BCUT2D eigenvalue weighted by atomic mass is 10.2. The first-order chi connectivity index (χ1) is 9.31. The Kier molecular flexibility index (Phi) is 5.82. The van der Waals surface area contributed by atoms with Gasteiger partial charge in [0.1, 0.15) is 10.5 Å². The first-order valence-electron chi connectivity index (χ1n) is 6.08. The fourth-order valence-corrected chi connectivity index (χ4v) is 2.15.